The average Bonchev–Trinajstić information content (AvgIpc) is 2.35. The van der Waals surface area contributed by atoms with Crippen LogP contribution in [0.3, 0.4) is 0 Å². The molecule has 1 unspecified atom stereocenters. The molecule has 0 radical (unpaired) electrons. The molecule has 0 spiro atoms. The van der Waals surface area contributed by atoms with Crippen LogP contribution in [-0.4, -0.2) is 43.9 Å². The molecule has 0 fully saturated rings. The molecule has 1 heterocycles. The normalized spacial score (nSPS) is 13.8. The number of nitrogens with one attached hydrogen (secondary N) is 2. The Labute approximate surface area is 102 Å². The quantitative estimate of drug-likeness (QED) is 0.240. The van der Waals surface area contributed by atoms with E-state index >= 15 is 0 Å². The van der Waals surface area contributed by atoms with E-state index in [1.165, 1.54) is 6.92 Å². The van der Waals surface area contributed by atoms with E-state index in [9.17, 15) is 15.2 Å². The summed E-state index contributed by atoms with van der Waals surface area (Å²) in [6, 6.07) is 0. The zero-order valence-corrected chi connectivity index (χ0v) is 9.62. The van der Waals surface area contributed by atoms with Gasteiger partial charge in [0.2, 0.25) is 11.6 Å². The van der Waals surface area contributed by atoms with Crippen LogP contribution < -0.4 is 16.6 Å². The molecule has 18 heavy (non-hydrogen) atoms. The number of rotatable bonds is 6. The van der Waals surface area contributed by atoms with E-state index < -0.39 is 22.8 Å². The molecule has 1 rings (SSSR count). The van der Waals surface area contributed by atoms with Crippen molar-refractivity contribution >= 4 is 17.3 Å². The van der Waals surface area contributed by atoms with Gasteiger partial charge in [-0.15, -0.1) is 0 Å². The zero-order chi connectivity index (χ0) is 13.8. The molecule has 10 heteroatoms. The summed E-state index contributed by atoms with van der Waals surface area (Å²) in [5, 5.41) is 31.9. The number of hydrogen-bond acceptors (Lipinski definition) is 9. The number of hydrogen-bond donors (Lipinski definition) is 5. The van der Waals surface area contributed by atoms with E-state index in [0.29, 0.717) is 0 Å². The second kappa shape index (κ2) is 5.53. The van der Waals surface area contributed by atoms with Crippen LogP contribution >= 0.6 is 0 Å². The lowest BCUT2D eigenvalue weighted by molar-refractivity contribution is -0.383. The molecule has 0 saturated heterocycles. The van der Waals surface area contributed by atoms with Gasteiger partial charge in [-0.1, -0.05) is 0 Å². The molecule has 1 atom stereocenters. The van der Waals surface area contributed by atoms with Gasteiger partial charge in [-0.2, -0.15) is 0 Å². The van der Waals surface area contributed by atoms with Crippen LogP contribution in [0, 0.1) is 10.1 Å². The molecule has 100 valence electrons. The summed E-state index contributed by atoms with van der Waals surface area (Å²) in [5.74, 6) is 4.85. The summed E-state index contributed by atoms with van der Waals surface area (Å²) in [4.78, 5) is 17.5. The summed E-state index contributed by atoms with van der Waals surface area (Å²) < 4.78 is 0. The Morgan fingerprint density at radius 1 is 1.56 bits per heavy atom. The van der Waals surface area contributed by atoms with Crippen molar-refractivity contribution in [2.75, 3.05) is 23.9 Å². The van der Waals surface area contributed by atoms with Crippen molar-refractivity contribution in [2.45, 2.75) is 12.5 Å². The molecule has 1 aromatic rings. The topological polar surface area (TPSA) is 159 Å². The molecule has 0 bridgehead atoms. The fourth-order valence-corrected chi connectivity index (χ4v) is 1.12. The van der Waals surface area contributed by atoms with Crippen LogP contribution in [0.4, 0.5) is 17.3 Å². The van der Waals surface area contributed by atoms with E-state index in [0.717, 1.165) is 6.33 Å². The summed E-state index contributed by atoms with van der Waals surface area (Å²) in [6.45, 7) is 0.751. The van der Waals surface area contributed by atoms with Crippen molar-refractivity contribution in [2.24, 2.45) is 5.84 Å². The molecule has 0 aliphatic heterocycles. The number of nitrogens with zero attached hydrogens (tertiary/aromatic N) is 3. The maximum Gasteiger partial charge on any atom is 0.354 e. The number of hydrazine groups is 1. The molecule has 0 amide bonds. The van der Waals surface area contributed by atoms with Crippen molar-refractivity contribution in [1.29, 1.82) is 0 Å². The van der Waals surface area contributed by atoms with Crippen LogP contribution in [0.15, 0.2) is 6.33 Å². The Bertz CT molecular complexity index is 438. The fourth-order valence-electron chi connectivity index (χ4n) is 1.12. The van der Waals surface area contributed by atoms with Crippen molar-refractivity contribution < 1.29 is 15.1 Å². The van der Waals surface area contributed by atoms with E-state index in [-0.39, 0.29) is 18.2 Å². The molecule has 6 N–H and O–H groups in total. The SMILES string of the molecule is CC(O)(CO)CNc1ncnc(NN)c1[N+](=O)[O-]. The Morgan fingerprint density at radius 3 is 2.67 bits per heavy atom. The first kappa shape index (κ1) is 14.0. The first-order chi connectivity index (χ1) is 8.41. The third-order valence-corrected chi connectivity index (χ3v) is 2.12. The lowest BCUT2D eigenvalue weighted by Gasteiger charge is -2.20. The van der Waals surface area contributed by atoms with Crippen LogP contribution in [0.2, 0.25) is 0 Å². The van der Waals surface area contributed by atoms with Gasteiger partial charge in [0, 0.05) is 6.54 Å². The van der Waals surface area contributed by atoms with Crippen molar-refractivity contribution in [3.63, 3.8) is 0 Å². The van der Waals surface area contributed by atoms with Crippen molar-refractivity contribution in [3.8, 4) is 0 Å². The number of nitrogens with two attached hydrogens (primary N) is 1. The summed E-state index contributed by atoms with van der Waals surface area (Å²) >= 11 is 0. The Balaban J connectivity index is 2.99. The highest BCUT2D eigenvalue weighted by Crippen LogP contribution is 2.28. The predicted octanol–water partition coefficient (Wildman–Crippen LogP) is -1.17. The standard InChI is InChI=1S/C8H14N6O4/c1-8(16,3-15)2-10-6-5(14(17)18)7(13-9)12-4-11-6/h4,15-16H,2-3,9H2,1H3,(H2,10,11,12,13). The lowest BCUT2D eigenvalue weighted by Crippen LogP contribution is -2.37. The minimum absolute atomic E-state index is 0.100. The zero-order valence-electron chi connectivity index (χ0n) is 9.62. The fraction of sp³-hybridized carbons (Fsp3) is 0.500. The van der Waals surface area contributed by atoms with E-state index in [1.807, 2.05) is 0 Å². The Morgan fingerprint density at radius 2 is 2.17 bits per heavy atom. The molecule has 0 aliphatic rings. The number of nitro groups is 1. The number of aliphatic hydroxyl groups is 2. The minimum atomic E-state index is -1.42. The van der Waals surface area contributed by atoms with E-state index in [4.69, 9.17) is 10.9 Å². The molecule has 0 saturated carbocycles. The van der Waals surface area contributed by atoms with Gasteiger partial charge in [-0.25, -0.2) is 15.8 Å². The van der Waals surface area contributed by atoms with Gasteiger partial charge < -0.3 is 21.0 Å². The van der Waals surface area contributed by atoms with Crippen molar-refractivity contribution in [1.82, 2.24) is 9.97 Å². The maximum absolute atomic E-state index is 10.9. The molecular formula is C8H14N6O4. The smallest absolute Gasteiger partial charge is 0.354 e. The second-order valence-electron chi connectivity index (χ2n) is 3.83. The molecular weight excluding hydrogens is 244 g/mol. The van der Waals surface area contributed by atoms with Gasteiger partial charge in [0.25, 0.3) is 0 Å². The molecule has 0 aromatic carbocycles. The highest BCUT2D eigenvalue weighted by molar-refractivity contribution is 5.68. The van der Waals surface area contributed by atoms with Gasteiger partial charge in [-0.3, -0.25) is 10.1 Å². The first-order valence-corrected chi connectivity index (χ1v) is 4.94. The van der Waals surface area contributed by atoms with Gasteiger partial charge in [0.05, 0.1) is 11.5 Å². The highest BCUT2D eigenvalue weighted by Gasteiger charge is 2.25. The van der Waals surface area contributed by atoms with Crippen molar-refractivity contribution in [3.05, 3.63) is 16.4 Å². The van der Waals surface area contributed by atoms with Crippen LogP contribution in [-0.2, 0) is 0 Å². The van der Waals surface area contributed by atoms with Gasteiger partial charge in [0.1, 0.15) is 11.9 Å². The second-order valence-corrected chi connectivity index (χ2v) is 3.83. The summed E-state index contributed by atoms with van der Waals surface area (Å²) in [5.41, 5.74) is 0.226. The monoisotopic (exact) mass is 258 g/mol. The third-order valence-electron chi connectivity index (χ3n) is 2.12. The predicted molar refractivity (Wildman–Crippen MR) is 62.7 cm³/mol. The number of aromatic nitrogens is 2. The number of anilines is 2. The van der Waals surface area contributed by atoms with Crippen LogP contribution in [0.1, 0.15) is 6.92 Å². The van der Waals surface area contributed by atoms with Gasteiger partial charge in [-0.05, 0) is 6.92 Å². The highest BCUT2D eigenvalue weighted by atomic mass is 16.6. The van der Waals surface area contributed by atoms with Crippen LogP contribution in [0.25, 0.3) is 0 Å². The van der Waals surface area contributed by atoms with E-state index in [1.54, 1.807) is 0 Å². The third kappa shape index (κ3) is 3.23. The Kier molecular flexibility index (Phi) is 4.31. The maximum atomic E-state index is 10.9. The van der Waals surface area contributed by atoms with Gasteiger partial charge in [0.15, 0.2) is 0 Å². The molecule has 0 aliphatic carbocycles. The summed E-state index contributed by atoms with van der Waals surface area (Å²) in [7, 11) is 0. The molecule has 1 aromatic heterocycles. The largest absolute Gasteiger partial charge is 0.393 e. The average molecular weight is 258 g/mol. The lowest BCUT2D eigenvalue weighted by atomic mass is 10.1. The number of aliphatic hydroxyl groups excluding tert-OH is 1. The minimum Gasteiger partial charge on any atom is -0.393 e. The van der Waals surface area contributed by atoms with Crippen LogP contribution in [0.5, 0.6) is 0 Å². The Hall–Kier alpha value is -2.04. The molecule has 10 nitrogen and oxygen atoms in total. The van der Waals surface area contributed by atoms with Gasteiger partial charge >= 0.3 is 5.69 Å². The first-order valence-electron chi connectivity index (χ1n) is 4.94. The van der Waals surface area contributed by atoms with E-state index in [2.05, 4.69) is 20.7 Å². The number of nitrogen functional groups attached to an aromatic ring is 1. The summed E-state index contributed by atoms with van der Waals surface area (Å²) in [6.07, 6.45) is 1.08.